The number of anilines is 4. The van der Waals surface area contributed by atoms with Crippen LogP contribution in [0.1, 0.15) is 10.4 Å². The van der Waals surface area contributed by atoms with Crippen molar-refractivity contribution in [1.29, 1.82) is 0 Å². The number of carbonyl (C=O) groups excluding carboxylic acids is 1. The maximum Gasteiger partial charge on any atom is 0.255 e. The second-order valence-electron chi connectivity index (χ2n) is 6.29. The van der Waals surface area contributed by atoms with Crippen molar-refractivity contribution in [3.8, 4) is 0 Å². The first-order valence-corrected chi connectivity index (χ1v) is 9.02. The van der Waals surface area contributed by atoms with Crippen LogP contribution in [0, 0.1) is 0 Å². The lowest BCUT2D eigenvalue weighted by molar-refractivity contribution is 0.102. The van der Waals surface area contributed by atoms with Crippen molar-refractivity contribution in [2.45, 2.75) is 0 Å². The lowest BCUT2D eigenvalue weighted by Crippen LogP contribution is -2.36. The Morgan fingerprint density at radius 2 is 1.71 bits per heavy atom. The number of nitrogens with one attached hydrogen (secondary N) is 2. The van der Waals surface area contributed by atoms with E-state index in [2.05, 4.69) is 30.7 Å². The number of hydrogen-bond acceptors (Lipinski definition) is 7. The summed E-state index contributed by atoms with van der Waals surface area (Å²) in [5.74, 6) is 0.491. The number of morpholine rings is 1. The average molecular weight is 376 g/mol. The van der Waals surface area contributed by atoms with E-state index >= 15 is 0 Å². The largest absolute Gasteiger partial charge is 0.378 e. The molecule has 3 heterocycles. The summed E-state index contributed by atoms with van der Waals surface area (Å²) in [5.41, 5.74) is 3.14. The van der Waals surface area contributed by atoms with Crippen LogP contribution in [0.15, 0.2) is 61.1 Å². The van der Waals surface area contributed by atoms with E-state index in [4.69, 9.17) is 4.74 Å². The topological polar surface area (TPSA) is 92.3 Å². The van der Waals surface area contributed by atoms with Crippen LogP contribution in [0.2, 0.25) is 0 Å². The molecule has 0 atom stereocenters. The third kappa shape index (κ3) is 4.41. The number of hydrogen-bond donors (Lipinski definition) is 2. The van der Waals surface area contributed by atoms with Crippen molar-refractivity contribution in [3.05, 3.63) is 66.6 Å². The van der Waals surface area contributed by atoms with Crippen molar-refractivity contribution in [2.75, 3.05) is 41.8 Å². The third-order valence-electron chi connectivity index (χ3n) is 4.37. The van der Waals surface area contributed by atoms with Gasteiger partial charge in [-0.25, -0.2) is 0 Å². The Labute approximate surface area is 162 Å². The number of amides is 1. The highest BCUT2D eigenvalue weighted by Gasteiger charge is 2.12. The molecule has 0 unspecified atom stereocenters. The van der Waals surface area contributed by atoms with Gasteiger partial charge in [0.2, 0.25) is 0 Å². The second-order valence-corrected chi connectivity index (χ2v) is 6.29. The molecule has 1 aliphatic rings. The molecule has 1 saturated heterocycles. The maximum absolute atomic E-state index is 12.2. The predicted molar refractivity (Wildman–Crippen MR) is 107 cm³/mol. The van der Waals surface area contributed by atoms with Gasteiger partial charge in [-0.15, -0.1) is 5.10 Å². The zero-order chi connectivity index (χ0) is 19.2. The van der Waals surface area contributed by atoms with Gasteiger partial charge in [-0.2, -0.15) is 5.10 Å². The van der Waals surface area contributed by atoms with Crippen molar-refractivity contribution >= 4 is 28.8 Å². The normalized spacial score (nSPS) is 13.8. The van der Waals surface area contributed by atoms with Gasteiger partial charge in [-0.3, -0.25) is 9.78 Å². The molecule has 0 aliphatic carbocycles. The lowest BCUT2D eigenvalue weighted by atomic mass is 10.2. The molecule has 0 radical (unpaired) electrons. The maximum atomic E-state index is 12.2. The minimum absolute atomic E-state index is 0.174. The van der Waals surface area contributed by atoms with Crippen molar-refractivity contribution in [3.63, 3.8) is 0 Å². The van der Waals surface area contributed by atoms with Gasteiger partial charge in [0.15, 0.2) is 5.82 Å². The van der Waals surface area contributed by atoms with Crippen molar-refractivity contribution in [1.82, 2.24) is 15.2 Å². The highest BCUT2D eigenvalue weighted by atomic mass is 16.5. The fourth-order valence-electron chi connectivity index (χ4n) is 2.90. The number of carbonyl (C=O) groups is 1. The summed E-state index contributed by atoms with van der Waals surface area (Å²) < 4.78 is 5.39. The Hall–Kier alpha value is -3.52. The van der Waals surface area contributed by atoms with E-state index in [1.54, 1.807) is 30.7 Å². The minimum Gasteiger partial charge on any atom is -0.378 e. The molecule has 2 aromatic heterocycles. The summed E-state index contributed by atoms with van der Waals surface area (Å²) in [7, 11) is 0. The molecule has 1 aromatic carbocycles. The van der Waals surface area contributed by atoms with Crippen molar-refractivity contribution in [2.24, 2.45) is 0 Å². The monoisotopic (exact) mass is 376 g/mol. The number of ether oxygens (including phenoxy) is 1. The number of rotatable bonds is 5. The molecule has 8 heteroatoms. The van der Waals surface area contributed by atoms with Crippen LogP contribution in [-0.4, -0.2) is 47.4 Å². The summed E-state index contributed by atoms with van der Waals surface area (Å²) in [5, 5.41) is 14.3. The van der Waals surface area contributed by atoms with Gasteiger partial charge < -0.3 is 20.3 Å². The average Bonchev–Trinajstić information content (AvgIpc) is 2.76. The first-order valence-electron chi connectivity index (χ1n) is 9.02. The van der Waals surface area contributed by atoms with Gasteiger partial charge in [-0.05, 0) is 36.4 Å². The standard InChI is InChI=1S/C20H20N6O2/c27-20(15-5-7-21-8-6-15)24-17-3-1-16(2-4-17)23-19-13-18(14-22-25-19)26-9-11-28-12-10-26/h1-8,13-14H,9-12H2,(H,23,25)(H,24,27). The zero-order valence-corrected chi connectivity index (χ0v) is 15.2. The van der Waals surface area contributed by atoms with Gasteiger partial charge >= 0.3 is 0 Å². The number of benzene rings is 1. The lowest BCUT2D eigenvalue weighted by Gasteiger charge is -2.28. The summed E-state index contributed by atoms with van der Waals surface area (Å²) in [6, 6.07) is 12.7. The molecule has 142 valence electrons. The van der Waals surface area contributed by atoms with E-state index < -0.39 is 0 Å². The molecule has 8 nitrogen and oxygen atoms in total. The third-order valence-corrected chi connectivity index (χ3v) is 4.37. The van der Waals surface area contributed by atoms with Crippen LogP contribution in [-0.2, 0) is 4.74 Å². The Morgan fingerprint density at radius 1 is 1.00 bits per heavy atom. The quantitative estimate of drug-likeness (QED) is 0.707. The van der Waals surface area contributed by atoms with E-state index in [1.165, 1.54) is 0 Å². The smallest absolute Gasteiger partial charge is 0.255 e. The number of pyridine rings is 1. The fourth-order valence-corrected chi connectivity index (χ4v) is 2.90. The van der Waals surface area contributed by atoms with Crippen LogP contribution < -0.4 is 15.5 Å². The van der Waals surface area contributed by atoms with Crippen LogP contribution in [0.4, 0.5) is 22.9 Å². The molecule has 1 amide bonds. The van der Waals surface area contributed by atoms with E-state index in [-0.39, 0.29) is 5.91 Å². The van der Waals surface area contributed by atoms with Gasteiger partial charge in [0.25, 0.3) is 5.91 Å². The molecule has 2 N–H and O–H groups in total. The van der Waals surface area contributed by atoms with Gasteiger partial charge in [0.05, 0.1) is 25.1 Å². The van der Waals surface area contributed by atoms with E-state index in [0.29, 0.717) is 17.1 Å². The SMILES string of the molecule is O=C(Nc1ccc(Nc2cc(N3CCOCC3)cnn2)cc1)c1ccncc1. The van der Waals surface area contributed by atoms with Crippen molar-refractivity contribution < 1.29 is 9.53 Å². The Morgan fingerprint density at radius 3 is 2.46 bits per heavy atom. The van der Waals surface area contributed by atoms with E-state index in [0.717, 1.165) is 37.7 Å². The molecule has 4 rings (SSSR count). The summed E-state index contributed by atoms with van der Waals surface area (Å²) in [4.78, 5) is 18.3. The molecular weight excluding hydrogens is 356 g/mol. The molecule has 1 fully saturated rings. The highest BCUT2D eigenvalue weighted by molar-refractivity contribution is 6.04. The first kappa shape index (κ1) is 17.9. The van der Waals surface area contributed by atoms with Gasteiger partial charge in [-0.1, -0.05) is 0 Å². The van der Waals surface area contributed by atoms with Crippen LogP contribution in [0.25, 0.3) is 0 Å². The van der Waals surface area contributed by atoms with Crippen LogP contribution >= 0.6 is 0 Å². The van der Waals surface area contributed by atoms with Crippen LogP contribution in [0.3, 0.4) is 0 Å². The van der Waals surface area contributed by atoms with E-state index in [9.17, 15) is 4.79 Å². The van der Waals surface area contributed by atoms with Crippen LogP contribution in [0.5, 0.6) is 0 Å². The molecule has 3 aromatic rings. The Bertz CT molecular complexity index is 927. The summed E-state index contributed by atoms with van der Waals surface area (Å²) in [6.45, 7) is 3.13. The van der Waals surface area contributed by atoms with Gasteiger partial charge in [0, 0.05) is 48.5 Å². The molecule has 28 heavy (non-hydrogen) atoms. The summed E-state index contributed by atoms with van der Waals surface area (Å²) in [6.07, 6.45) is 4.94. The Balaban J connectivity index is 1.40. The molecule has 1 aliphatic heterocycles. The second kappa shape index (κ2) is 8.45. The molecule has 0 bridgehead atoms. The molecule has 0 saturated carbocycles. The molecule has 0 spiro atoms. The number of aromatic nitrogens is 3. The van der Waals surface area contributed by atoms with Gasteiger partial charge in [0.1, 0.15) is 0 Å². The minimum atomic E-state index is -0.174. The highest BCUT2D eigenvalue weighted by Crippen LogP contribution is 2.21. The molecular formula is C20H20N6O2. The predicted octanol–water partition coefficient (Wildman–Crippen LogP) is 2.70. The van der Waals surface area contributed by atoms with E-state index in [1.807, 2.05) is 30.3 Å². The Kier molecular flexibility index (Phi) is 5.39. The first-order chi connectivity index (χ1) is 13.8. The summed E-state index contributed by atoms with van der Waals surface area (Å²) >= 11 is 0. The number of nitrogens with zero attached hydrogens (tertiary/aromatic N) is 4. The fraction of sp³-hybridized carbons (Fsp3) is 0.200. The zero-order valence-electron chi connectivity index (χ0n) is 15.2.